The highest BCUT2D eigenvalue weighted by molar-refractivity contribution is 5.82. The number of amides is 1. The van der Waals surface area contributed by atoms with Gasteiger partial charge in [0.15, 0.2) is 0 Å². The first-order valence-electron chi connectivity index (χ1n) is 5.20. The van der Waals surface area contributed by atoms with Crippen LogP contribution in [0.25, 0.3) is 0 Å². The molecule has 2 rings (SSSR count). The molecule has 15 heavy (non-hydrogen) atoms. The lowest BCUT2D eigenvalue weighted by Gasteiger charge is -2.15. The number of hydrogen-bond acceptors (Lipinski definition) is 3. The molecule has 0 aromatic carbocycles. The van der Waals surface area contributed by atoms with Gasteiger partial charge in [-0.05, 0) is 12.3 Å². The first-order chi connectivity index (χ1) is 7.09. The van der Waals surface area contributed by atoms with E-state index in [2.05, 4.69) is 5.32 Å². The summed E-state index contributed by atoms with van der Waals surface area (Å²) in [5, 5.41) is 11.6. The Labute approximate surface area is 87.8 Å². The van der Waals surface area contributed by atoms with Crippen LogP contribution in [0.15, 0.2) is 0 Å². The van der Waals surface area contributed by atoms with Gasteiger partial charge in [-0.2, -0.15) is 0 Å². The minimum atomic E-state index is -0.901. The Morgan fingerprint density at radius 3 is 2.53 bits per heavy atom. The van der Waals surface area contributed by atoms with Gasteiger partial charge in [-0.15, -0.1) is 0 Å². The molecule has 4 atom stereocenters. The first kappa shape index (κ1) is 10.4. The fourth-order valence-electron chi connectivity index (χ4n) is 1.92. The van der Waals surface area contributed by atoms with Crippen molar-refractivity contribution in [3.05, 3.63) is 0 Å². The Bertz CT molecular complexity index is 291. The minimum absolute atomic E-state index is 0.0238. The normalized spacial score (nSPS) is 38.7. The van der Waals surface area contributed by atoms with E-state index in [0.29, 0.717) is 12.5 Å². The highest BCUT2D eigenvalue weighted by atomic mass is 16.5. The van der Waals surface area contributed by atoms with E-state index in [1.54, 1.807) is 0 Å². The summed E-state index contributed by atoms with van der Waals surface area (Å²) in [6.07, 6.45) is 0.914. The van der Waals surface area contributed by atoms with Gasteiger partial charge < -0.3 is 15.2 Å². The topological polar surface area (TPSA) is 75.6 Å². The number of carbonyl (C=O) groups excluding carboxylic acids is 1. The average Bonchev–Trinajstić information content (AvgIpc) is 2.73. The Balaban J connectivity index is 1.88. The van der Waals surface area contributed by atoms with E-state index in [0.717, 1.165) is 6.42 Å². The van der Waals surface area contributed by atoms with Crippen LogP contribution in [0.3, 0.4) is 0 Å². The zero-order valence-corrected chi connectivity index (χ0v) is 8.60. The average molecular weight is 213 g/mol. The van der Waals surface area contributed by atoms with Crippen molar-refractivity contribution < 1.29 is 19.4 Å². The third kappa shape index (κ3) is 2.12. The molecule has 1 aliphatic heterocycles. The summed E-state index contributed by atoms with van der Waals surface area (Å²) in [4.78, 5) is 22.4. The van der Waals surface area contributed by atoms with Crippen LogP contribution < -0.4 is 5.32 Å². The van der Waals surface area contributed by atoms with Gasteiger partial charge in [0.25, 0.3) is 0 Å². The molecule has 0 bridgehead atoms. The summed E-state index contributed by atoms with van der Waals surface area (Å²) in [6.45, 7) is 2.52. The lowest BCUT2D eigenvalue weighted by atomic mass is 10.0. The molecular weight excluding hydrogens is 198 g/mol. The van der Waals surface area contributed by atoms with Gasteiger partial charge in [0, 0.05) is 5.92 Å². The lowest BCUT2D eigenvalue weighted by molar-refractivity contribution is -0.142. The molecule has 0 spiro atoms. The predicted molar refractivity (Wildman–Crippen MR) is 51.1 cm³/mol. The van der Waals surface area contributed by atoms with Crippen LogP contribution in [0, 0.1) is 17.8 Å². The largest absolute Gasteiger partial charge is 0.481 e. The van der Waals surface area contributed by atoms with E-state index in [1.165, 1.54) is 0 Å². The molecule has 5 nitrogen and oxygen atoms in total. The third-order valence-electron chi connectivity index (χ3n) is 3.17. The van der Waals surface area contributed by atoms with Gasteiger partial charge in [-0.25, -0.2) is 0 Å². The standard InChI is InChI=1S/C10H15NO4/c1-5-2-6(5)9(12)11-8-4-15-3-7(8)10(13)14/h5-8H,2-4H2,1H3,(H,11,12)(H,13,14). The molecule has 5 heteroatoms. The molecular formula is C10H15NO4. The van der Waals surface area contributed by atoms with Crippen LogP contribution in [0.4, 0.5) is 0 Å². The quantitative estimate of drug-likeness (QED) is 0.684. The van der Waals surface area contributed by atoms with Crippen molar-refractivity contribution in [2.45, 2.75) is 19.4 Å². The number of ether oxygens (including phenoxy) is 1. The number of carbonyl (C=O) groups is 2. The molecule has 2 N–H and O–H groups in total. The number of aliphatic carboxylic acids is 1. The third-order valence-corrected chi connectivity index (χ3v) is 3.17. The monoisotopic (exact) mass is 213 g/mol. The van der Waals surface area contributed by atoms with Crippen molar-refractivity contribution in [3.8, 4) is 0 Å². The zero-order chi connectivity index (χ0) is 11.0. The molecule has 1 amide bonds. The van der Waals surface area contributed by atoms with Crippen molar-refractivity contribution in [2.24, 2.45) is 17.8 Å². The molecule has 1 saturated heterocycles. The minimum Gasteiger partial charge on any atom is -0.481 e. The van der Waals surface area contributed by atoms with Gasteiger partial charge in [0.2, 0.25) is 5.91 Å². The van der Waals surface area contributed by atoms with Crippen LogP contribution in [0.1, 0.15) is 13.3 Å². The van der Waals surface area contributed by atoms with Crippen LogP contribution in [-0.2, 0) is 14.3 Å². The SMILES string of the molecule is CC1CC1C(=O)NC1COCC1C(=O)O. The van der Waals surface area contributed by atoms with E-state index in [4.69, 9.17) is 9.84 Å². The fraction of sp³-hybridized carbons (Fsp3) is 0.800. The molecule has 1 saturated carbocycles. The Morgan fingerprint density at radius 1 is 1.33 bits per heavy atom. The Morgan fingerprint density at radius 2 is 2.00 bits per heavy atom. The van der Waals surface area contributed by atoms with Crippen LogP contribution in [0.2, 0.25) is 0 Å². The number of rotatable bonds is 3. The second kappa shape index (κ2) is 3.81. The predicted octanol–water partition coefficient (Wildman–Crippen LogP) is -0.142. The summed E-state index contributed by atoms with van der Waals surface area (Å²) in [6, 6.07) is -0.359. The smallest absolute Gasteiger partial charge is 0.311 e. The molecule has 1 aliphatic carbocycles. The number of nitrogens with one attached hydrogen (secondary N) is 1. The van der Waals surface area contributed by atoms with Gasteiger partial charge in [-0.3, -0.25) is 9.59 Å². The summed E-state index contributed by atoms with van der Waals surface area (Å²) in [5.74, 6) is -0.996. The Kier molecular flexibility index (Phi) is 2.65. The van der Waals surface area contributed by atoms with Crippen molar-refractivity contribution in [1.82, 2.24) is 5.32 Å². The maximum Gasteiger partial charge on any atom is 0.311 e. The highest BCUT2D eigenvalue weighted by Gasteiger charge is 2.42. The van der Waals surface area contributed by atoms with Crippen molar-refractivity contribution in [2.75, 3.05) is 13.2 Å². The maximum atomic E-state index is 11.6. The van der Waals surface area contributed by atoms with Gasteiger partial charge in [0.05, 0.1) is 19.3 Å². The highest BCUT2D eigenvalue weighted by Crippen LogP contribution is 2.37. The molecule has 4 unspecified atom stereocenters. The van der Waals surface area contributed by atoms with E-state index >= 15 is 0 Å². The zero-order valence-electron chi connectivity index (χ0n) is 8.60. The van der Waals surface area contributed by atoms with Crippen molar-refractivity contribution in [3.63, 3.8) is 0 Å². The fourth-order valence-corrected chi connectivity index (χ4v) is 1.92. The summed E-state index contributed by atoms with van der Waals surface area (Å²) in [5.41, 5.74) is 0. The lowest BCUT2D eigenvalue weighted by Crippen LogP contribution is -2.43. The number of carboxylic acid groups (broad SMARTS) is 1. The van der Waals surface area contributed by atoms with Gasteiger partial charge in [0.1, 0.15) is 5.92 Å². The first-order valence-corrected chi connectivity index (χ1v) is 5.20. The summed E-state index contributed by atoms with van der Waals surface area (Å²) >= 11 is 0. The van der Waals surface area contributed by atoms with E-state index < -0.39 is 11.9 Å². The van der Waals surface area contributed by atoms with Gasteiger partial charge >= 0.3 is 5.97 Å². The molecule has 1 heterocycles. The van der Waals surface area contributed by atoms with Crippen LogP contribution >= 0.6 is 0 Å². The van der Waals surface area contributed by atoms with Crippen LogP contribution in [0.5, 0.6) is 0 Å². The summed E-state index contributed by atoms with van der Waals surface area (Å²) < 4.78 is 5.06. The van der Waals surface area contributed by atoms with E-state index in [9.17, 15) is 9.59 Å². The number of carboxylic acids is 1. The molecule has 0 radical (unpaired) electrons. The Hall–Kier alpha value is -1.10. The maximum absolute atomic E-state index is 11.6. The van der Waals surface area contributed by atoms with E-state index in [1.807, 2.05) is 6.92 Å². The second-order valence-corrected chi connectivity index (χ2v) is 4.42. The number of hydrogen-bond donors (Lipinski definition) is 2. The van der Waals surface area contributed by atoms with E-state index in [-0.39, 0.29) is 24.5 Å². The molecule has 0 aromatic heterocycles. The summed E-state index contributed by atoms with van der Waals surface area (Å²) in [7, 11) is 0. The molecule has 2 fully saturated rings. The van der Waals surface area contributed by atoms with Gasteiger partial charge in [-0.1, -0.05) is 6.92 Å². The second-order valence-electron chi connectivity index (χ2n) is 4.42. The van der Waals surface area contributed by atoms with Crippen LogP contribution in [-0.4, -0.2) is 36.2 Å². The molecule has 2 aliphatic rings. The molecule has 84 valence electrons. The van der Waals surface area contributed by atoms with Crippen molar-refractivity contribution >= 4 is 11.9 Å². The van der Waals surface area contributed by atoms with Crippen molar-refractivity contribution in [1.29, 1.82) is 0 Å². The molecule has 0 aromatic rings.